The lowest BCUT2D eigenvalue weighted by molar-refractivity contribution is 0.141. The third kappa shape index (κ3) is 5.29. The van der Waals surface area contributed by atoms with E-state index >= 15 is 0 Å². The minimum absolute atomic E-state index is 0. The van der Waals surface area contributed by atoms with Crippen molar-refractivity contribution in [3.05, 3.63) is 41.4 Å². The smallest absolute Gasteiger partial charge is 0.243 e. The van der Waals surface area contributed by atoms with E-state index in [-0.39, 0.29) is 12.4 Å². The second kappa shape index (κ2) is 10.2. The minimum Gasteiger partial charge on any atom is -0.330 e. The second-order valence-electron chi connectivity index (χ2n) is 8.48. The number of sulfonamides is 1. The highest BCUT2D eigenvalue weighted by Crippen LogP contribution is 2.29. The average molecular weight is 472 g/mol. The van der Waals surface area contributed by atoms with E-state index in [9.17, 15) is 8.42 Å². The van der Waals surface area contributed by atoms with Gasteiger partial charge in [0, 0.05) is 37.7 Å². The van der Waals surface area contributed by atoms with Crippen molar-refractivity contribution in [1.82, 2.24) is 9.21 Å². The number of benzene rings is 2. The molecular formula is C22H31Cl2N3O2S. The number of hydrogen-bond acceptors (Lipinski definition) is 4. The van der Waals surface area contributed by atoms with Crippen LogP contribution in [0.15, 0.2) is 41.3 Å². The fourth-order valence-electron chi connectivity index (χ4n) is 4.67. The molecule has 166 valence electrons. The maximum Gasteiger partial charge on any atom is 0.243 e. The third-order valence-corrected chi connectivity index (χ3v) is 8.69. The van der Waals surface area contributed by atoms with Crippen LogP contribution in [-0.2, 0) is 10.0 Å². The lowest BCUT2D eigenvalue weighted by atomic mass is 9.82. The van der Waals surface area contributed by atoms with Crippen LogP contribution in [0.25, 0.3) is 10.8 Å². The Bertz CT molecular complexity index is 954. The Morgan fingerprint density at radius 2 is 1.50 bits per heavy atom. The van der Waals surface area contributed by atoms with Crippen LogP contribution in [0.4, 0.5) is 0 Å². The molecule has 30 heavy (non-hydrogen) atoms. The van der Waals surface area contributed by atoms with Crippen LogP contribution in [-0.4, -0.2) is 56.9 Å². The van der Waals surface area contributed by atoms with Crippen molar-refractivity contribution in [2.24, 2.45) is 17.6 Å². The molecule has 2 aliphatic rings. The van der Waals surface area contributed by atoms with Gasteiger partial charge in [-0.1, -0.05) is 23.7 Å². The van der Waals surface area contributed by atoms with Crippen LogP contribution < -0.4 is 5.73 Å². The van der Waals surface area contributed by atoms with E-state index in [0.717, 1.165) is 42.9 Å². The Hall–Kier alpha value is -0.890. The predicted octanol–water partition coefficient (Wildman–Crippen LogP) is 3.99. The summed E-state index contributed by atoms with van der Waals surface area (Å²) >= 11 is 6.03. The van der Waals surface area contributed by atoms with Crippen molar-refractivity contribution in [3.63, 3.8) is 0 Å². The molecule has 2 N–H and O–H groups in total. The molecule has 0 atom stereocenters. The van der Waals surface area contributed by atoms with Crippen molar-refractivity contribution in [3.8, 4) is 0 Å². The second-order valence-corrected chi connectivity index (χ2v) is 10.9. The van der Waals surface area contributed by atoms with Gasteiger partial charge in [-0.3, -0.25) is 0 Å². The first-order valence-electron chi connectivity index (χ1n) is 10.6. The molecule has 8 heteroatoms. The van der Waals surface area contributed by atoms with Crippen LogP contribution in [0.1, 0.15) is 25.7 Å². The van der Waals surface area contributed by atoms with Gasteiger partial charge in [-0.15, -0.1) is 12.4 Å². The van der Waals surface area contributed by atoms with Crippen molar-refractivity contribution < 1.29 is 8.42 Å². The Labute approximate surface area is 191 Å². The molecule has 2 fully saturated rings. The van der Waals surface area contributed by atoms with E-state index in [4.69, 9.17) is 17.3 Å². The zero-order valence-electron chi connectivity index (χ0n) is 17.2. The summed E-state index contributed by atoms with van der Waals surface area (Å²) in [5.41, 5.74) is 5.80. The molecule has 0 unspecified atom stereocenters. The largest absolute Gasteiger partial charge is 0.330 e. The molecule has 4 rings (SSSR count). The molecule has 1 saturated carbocycles. The molecular weight excluding hydrogens is 441 g/mol. The van der Waals surface area contributed by atoms with E-state index < -0.39 is 10.0 Å². The monoisotopic (exact) mass is 471 g/mol. The number of halogens is 2. The van der Waals surface area contributed by atoms with Gasteiger partial charge in [0.1, 0.15) is 0 Å². The minimum atomic E-state index is -3.47. The molecule has 0 aromatic heterocycles. The normalized spacial score (nSPS) is 23.9. The SMILES string of the molecule is Cl.NC[C@H]1CC[C@H](CN2CCN(S(=O)(=O)c3ccc4cc(Cl)ccc4c3)CC2)CC1. The van der Waals surface area contributed by atoms with Crippen LogP contribution in [0.5, 0.6) is 0 Å². The van der Waals surface area contributed by atoms with E-state index in [1.807, 2.05) is 18.2 Å². The highest BCUT2D eigenvalue weighted by atomic mass is 35.5. The van der Waals surface area contributed by atoms with Crippen molar-refractivity contribution in [2.45, 2.75) is 30.6 Å². The molecule has 0 amide bonds. The molecule has 1 aliphatic carbocycles. The van der Waals surface area contributed by atoms with Gasteiger partial charge in [-0.25, -0.2) is 8.42 Å². The summed E-state index contributed by atoms with van der Waals surface area (Å²) in [4.78, 5) is 2.79. The molecule has 0 spiro atoms. The van der Waals surface area contributed by atoms with Gasteiger partial charge in [0.15, 0.2) is 0 Å². The maximum atomic E-state index is 13.1. The van der Waals surface area contributed by atoms with Crippen LogP contribution in [0, 0.1) is 11.8 Å². The molecule has 0 bridgehead atoms. The third-order valence-electron chi connectivity index (χ3n) is 6.56. The Balaban J connectivity index is 0.00000256. The Morgan fingerprint density at radius 1 is 0.900 bits per heavy atom. The lowest BCUT2D eigenvalue weighted by Crippen LogP contribution is -2.49. The summed E-state index contributed by atoms with van der Waals surface area (Å²) < 4.78 is 27.9. The Kier molecular flexibility index (Phi) is 8.04. The van der Waals surface area contributed by atoms with E-state index in [1.165, 1.54) is 25.7 Å². The van der Waals surface area contributed by atoms with Crippen molar-refractivity contribution in [1.29, 1.82) is 0 Å². The summed E-state index contributed by atoms with van der Waals surface area (Å²) in [6.45, 7) is 4.61. The van der Waals surface area contributed by atoms with Crippen molar-refractivity contribution in [2.75, 3.05) is 39.3 Å². The number of rotatable bonds is 5. The van der Waals surface area contributed by atoms with Crippen LogP contribution >= 0.6 is 24.0 Å². The summed E-state index contributed by atoms with van der Waals surface area (Å²) in [6.07, 6.45) is 4.98. The predicted molar refractivity (Wildman–Crippen MR) is 126 cm³/mol. The fourth-order valence-corrected chi connectivity index (χ4v) is 6.31. The molecule has 1 saturated heterocycles. The summed E-state index contributed by atoms with van der Waals surface area (Å²) in [5.74, 6) is 1.43. The number of nitrogens with two attached hydrogens (primary N) is 1. The molecule has 2 aromatic rings. The number of piperazine rings is 1. The topological polar surface area (TPSA) is 66.6 Å². The lowest BCUT2D eigenvalue weighted by Gasteiger charge is -2.37. The summed E-state index contributed by atoms with van der Waals surface area (Å²) in [7, 11) is -3.47. The number of nitrogens with zero attached hydrogens (tertiary/aromatic N) is 2. The van der Waals surface area contributed by atoms with Gasteiger partial charge in [0.25, 0.3) is 0 Å². The van der Waals surface area contributed by atoms with Gasteiger partial charge < -0.3 is 10.6 Å². The first kappa shape index (κ1) is 23.8. The molecule has 1 heterocycles. The number of hydrogen-bond donors (Lipinski definition) is 1. The van der Waals surface area contributed by atoms with E-state index in [1.54, 1.807) is 22.5 Å². The van der Waals surface area contributed by atoms with E-state index in [0.29, 0.717) is 28.9 Å². The quantitative estimate of drug-likeness (QED) is 0.715. The van der Waals surface area contributed by atoms with Gasteiger partial charge in [0.2, 0.25) is 10.0 Å². The highest BCUT2D eigenvalue weighted by molar-refractivity contribution is 7.89. The summed E-state index contributed by atoms with van der Waals surface area (Å²) in [6, 6.07) is 10.8. The average Bonchev–Trinajstić information content (AvgIpc) is 2.74. The zero-order chi connectivity index (χ0) is 20.4. The number of fused-ring (bicyclic) bond motifs is 1. The van der Waals surface area contributed by atoms with Gasteiger partial charge in [0.05, 0.1) is 4.90 Å². The molecule has 0 radical (unpaired) electrons. The highest BCUT2D eigenvalue weighted by Gasteiger charge is 2.30. The standard InChI is InChI=1S/C22H30ClN3O2S.ClH/c23-21-7-5-20-14-22(8-6-19(20)13-21)29(27,28)26-11-9-25(10-12-26)16-18-3-1-17(15-24)2-4-18;/h5-8,13-14,17-18H,1-4,9-12,15-16,24H2;1H/t17-,18-;. The van der Waals surface area contributed by atoms with Gasteiger partial charge >= 0.3 is 0 Å². The fraction of sp³-hybridized carbons (Fsp3) is 0.545. The van der Waals surface area contributed by atoms with Crippen LogP contribution in [0.3, 0.4) is 0 Å². The Morgan fingerprint density at radius 3 is 2.17 bits per heavy atom. The first-order valence-corrected chi connectivity index (χ1v) is 12.4. The van der Waals surface area contributed by atoms with Crippen LogP contribution in [0.2, 0.25) is 5.02 Å². The zero-order valence-corrected chi connectivity index (χ0v) is 19.6. The maximum absolute atomic E-state index is 13.1. The van der Waals surface area contributed by atoms with Gasteiger partial charge in [-0.05, 0) is 79.1 Å². The summed E-state index contributed by atoms with van der Waals surface area (Å²) in [5, 5.41) is 2.49. The van der Waals surface area contributed by atoms with Gasteiger partial charge in [-0.2, -0.15) is 4.31 Å². The van der Waals surface area contributed by atoms with E-state index in [2.05, 4.69) is 4.90 Å². The first-order chi connectivity index (χ1) is 14.0. The van der Waals surface area contributed by atoms with Crippen molar-refractivity contribution >= 4 is 44.8 Å². The molecule has 2 aromatic carbocycles. The molecule has 5 nitrogen and oxygen atoms in total. The molecule has 1 aliphatic heterocycles.